The standard InChI is InChI=1S/C21H21ClF3N5O/c1-30-10-13(9-27-30)15-8-17(20(26)31)28-16-5-11(2-3-14(15)16)4-12-6-18(21(23,24)25)29-19(22)7-12/h6-11,14,16H,2-5H2,1H3,(H2,26,31). The van der Waals surface area contributed by atoms with Crippen molar-refractivity contribution in [2.45, 2.75) is 37.9 Å². The lowest BCUT2D eigenvalue weighted by Crippen LogP contribution is -2.36. The number of aryl methyl sites for hydroxylation is 1. The van der Waals surface area contributed by atoms with Gasteiger partial charge in [0.2, 0.25) is 0 Å². The molecule has 4 rings (SSSR count). The van der Waals surface area contributed by atoms with Crippen LogP contribution in [0.25, 0.3) is 5.57 Å². The monoisotopic (exact) mass is 451 g/mol. The van der Waals surface area contributed by atoms with Gasteiger partial charge < -0.3 is 5.73 Å². The Balaban J connectivity index is 1.56. The summed E-state index contributed by atoms with van der Waals surface area (Å²) in [6.07, 6.45) is 3.51. The molecule has 164 valence electrons. The molecule has 3 unspecified atom stereocenters. The zero-order valence-electron chi connectivity index (χ0n) is 16.7. The third-order valence-electron chi connectivity index (χ3n) is 5.88. The molecule has 2 N–H and O–H groups in total. The largest absolute Gasteiger partial charge is 0.433 e. The summed E-state index contributed by atoms with van der Waals surface area (Å²) in [5.74, 6) is -0.389. The smallest absolute Gasteiger partial charge is 0.364 e. The molecule has 1 aliphatic heterocycles. The molecule has 1 amide bonds. The van der Waals surface area contributed by atoms with Crippen molar-refractivity contribution in [2.24, 2.45) is 29.6 Å². The molecular formula is C21H21ClF3N5O. The Morgan fingerprint density at radius 1 is 1.32 bits per heavy atom. The number of carbonyl (C=O) groups excluding carboxylic acids is 1. The predicted molar refractivity (Wildman–Crippen MR) is 110 cm³/mol. The van der Waals surface area contributed by atoms with Crippen LogP contribution in [0, 0.1) is 11.8 Å². The molecule has 1 saturated carbocycles. The van der Waals surface area contributed by atoms with Gasteiger partial charge >= 0.3 is 6.18 Å². The summed E-state index contributed by atoms with van der Waals surface area (Å²) < 4.78 is 40.9. The number of rotatable bonds is 4. The van der Waals surface area contributed by atoms with Crippen molar-refractivity contribution in [3.8, 4) is 0 Å². The van der Waals surface area contributed by atoms with Gasteiger partial charge in [-0.1, -0.05) is 11.6 Å². The quantitative estimate of drug-likeness (QED) is 0.716. The lowest BCUT2D eigenvalue weighted by atomic mass is 9.71. The van der Waals surface area contributed by atoms with Crippen molar-refractivity contribution < 1.29 is 18.0 Å². The summed E-state index contributed by atoms with van der Waals surface area (Å²) in [6, 6.07) is 2.36. The first-order chi connectivity index (χ1) is 14.6. The number of hydrogen-bond donors (Lipinski definition) is 1. The van der Waals surface area contributed by atoms with Crippen LogP contribution in [0.2, 0.25) is 5.15 Å². The number of halogens is 4. The van der Waals surface area contributed by atoms with E-state index in [0.29, 0.717) is 18.4 Å². The Morgan fingerprint density at radius 3 is 2.74 bits per heavy atom. The van der Waals surface area contributed by atoms with Crippen LogP contribution in [0.4, 0.5) is 13.2 Å². The second-order valence-electron chi connectivity index (χ2n) is 8.12. The highest BCUT2D eigenvalue weighted by atomic mass is 35.5. The Hall–Kier alpha value is -2.68. The average Bonchev–Trinajstić information content (AvgIpc) is 3.12. The molecule has 0 spiro atoms. The number of carbonyl (C=O) groups is 1. The van der Waals surface area contributed by atoms with Gasteiger partial charge in [-0.3, -0.25) is 14.5 Å². The van der Waals surface area contributed by atoms with Crippen molar-refractivity contribution in [1.29, 1.82) is 0 Å². The van der Waals surface area contributed by atoms with Gasteiger partial charge in [-0.2, -0.15) is 18.3 Å². The number of nitrogens with zero attached hydrogens (tertiary/aromatic N) is 4. The molecule has 3 heterocycles. The first-order valence-corrected chi connectivity index (χ1v) is 10.3. The van der Waals surface area contributed by atoms with E-state index in [1.165, 1.54) is 6.07 Å². The number of pyridine rings is 1. The van der Waals surface area contributed by atoms with Crippen LogP contribution in [0.15, 0.2) is 35.6 Å². The molecule has 3 atom stereocenters. The van der Waals surface area contributed by atoms with Crippen LogP contribution in [0.5, 0.6) is 0 Å². The molecule has 2 aliphatic rings. The molecule has 1 aliphatic carbocycles. The molecule has 2 aromatic heterocycles. The van der Waals surface area contributed by atoms with Gasteiger partial charge in [0.25, 0.3) is 5.91 Å². The number of aliphatic imine (C=N–C) groups is 1. The fourth-order valence-corrected chi connectivity index (χ4v) is 4.77. The van der Waals surface area contributed by atoms with Crippen molar-refractivity contribution in [2.75, 3.05) is 0 Å². The Labute approximate surface area is 182 Å². The van der Waals surface area contributed by atoms with Crippen molar-refractivity contribution in [1.82, 2.24) is 14.8 Å². The molecule has 0 aromatic carbocycles. The lowest BCUT2D eigenvalue weighted by molar-refractivity contribution is -0.141. The van der Waals surface area contributed by atoms with Crippen LogP contribution in [-0.2, 0) is 24.4 Å². The fraction of sp³-hybridized carbons (Fsp3) is 0.429. The topological polar surface area (TPSA) is 86.2 Å². The van der Waals surface area contributed by atoms with E-state index in [-0.39, 0.29) is 28.7 Å². The third kappa shape index (κ3) is 4.66. The minimum absolute atomic E-state index is 0.104. The maximum Gasteiger partial charge on any atom is 0.433 e. The summed E-state index contributed by atoms with van der Waals surface area (Å²) in [5, 5.41) is 4.04. The van der Waals surface area contributed by atoms with Gasteiger partial charge in [0, 0.05) is 24.7 Å². The highest BCUT2D eigenvalue weighted by Crippen LogP contribution is 2.43. The summed E-state index contributed by atoms with van der Waals surface area (Å²) in [7, 11) is 1.82. The van der Waals surface area contributed by atoms with Gasteiger partial charge in [-0.15, -0.1) is 0 Å². The second-order valence-corrected chi connectivity index (χ2v) is 8.51. The first-order valence-electron chi connectivity index (χ1n) is 9.92. The van der Waals surface area contributed by atoms with Crippen molar-refractivity contribution in [3.63, 3.8) is 0 Å². The molecule has 0 saturated heterocycles. The summed E-state index contributed by atoms with van der Waals surface area (Å²) in [5.41, 5.74) is 7.12. The SMILES string of the molecule is Cn1cc(C2=CC(C(N)=O)=NC3CC(Cc4cc(Cl)nc(C(F)(F)F)c4)CCC23)cn1. The number of hydrogen-bond acceptors (Lipinski definition) is 4. The molecule has 2 aromatic rings. The van der Waals surface area contributed by atoms with E-state index in [1.54, 1.807) is 17.0 Å². The summed E-state index contributed by atoms with van der Waals surface area (Å²) in [6.45, 7) is 0. The van der Waals surface area contributed by atoms with E-state index >= 15 is 0 Å². The Morgan fingerprint density at radius 2 is 2.10 bits per heavy atom. The van der Waals surface area contributed by atoms with Crippen molar-refractivity contribution >= 4 is 28.8 Å². The maximum atomic E-state index is 13.1. The number of dihydropyridines is 1. The van der Waals surface area contributed by atoms with Gasteiger partial charge in [-0.05, 0) is 60.9 Å². The van der Waals surface area contributed by atoms with Crippen LogP contribution in [0.1, 0.15) is 36.1 Å². The number of alkyl halides is 3. The minimum atomic E-state index is -4.55. The van der Waals surface area contributed by atoms with Gasteiger partial charge in [0.15, 0.2) is 0 Å². The third-order valence-corrected chi connectivity index (χ3v) is 6.07. The van der Waals surface area contributed by atoms with E-state index in [4.69, 9.17) is 17.3 Å². The van der Waals surface area contributed by atoms with Crippen LogP contribution in [-0.4, -0.2) is 32.4 Å². The molecular weight excluding hydrogens is 431 g/mol. The van der Waals surface area contributed by atoms with E-state index in [2.05, 4.69) is 15.1 Å². The van der Waals surface area contributed by atoms with E-state index in [9.17, 15) is 18.0 Å². The Bertz CT molecular complexity index is 1080. The molecule has 1 fully saturated rings. The summed E-state index contributed by atoms with van der Waals surface area (Å²) >= 11 is 5.83. The average molecular weight is 452 g/mol. The molecule has 31 heavy (non-hydrogen) atoms. The normalized spacial score (nSPS) is 23.7. The zero-order valence-corrected chi connectivity index (χ0v) is 17.5. The molecule has 6 nitrogen and oxygen atoms in total. The van der Waals surface area contributed by atoms with Crippen molar-refractivity contribution in [3.05, 3.63) is 52.6 Å². The zero-order chi connectivity index (χ0) is 22.3. The van der Waals surface area contributed by atoms with Crippen LogP contribution >= 0.6 is 11.6 Å². The number of fused-ring (bicyclic) bond motifs is 1. The fourth-order valence-electron chi connectivity index (χ4n) is 4.54. The molecule has 10 heteroatoms. The van der Waals surface area contributed by atoms with Gasteiger partial charge in [-0.25, -0.2) is 4.98 Å². The first kappa shape index (κ1) is 21.5. The van der Waals surface area contributed by atoms with Gasteiger partial charge in [0.05, 0.1) is 12.2 Å². The van der Waals surface area contributed by atoms with E-state index < -0.39 is 17.8 Å². The highest BCUT2D eigenvalue weighted by Gasteiger charge is 2.37. The molecule has 0 radical (unpaired) electrons. The van der Waals surface area contributed by atoms with E-state index in [1.807, 2.05) is 13.2 Å². The van der Waals surface area contributed by atoms with Gasteiger partial charge in [0.1, 0.15) is 16.6 Å². The highest BCUT2D eigenvalue weighted by molar-refractivity contribution is 6.44. The number of primary amides is 1. The van der Waals surface area contributed by atoms with Crippen LogP contribution < -0.4 is 5.73 Å². The number of aromatic nitrogens is 3. The minimum Gasteiger partial charge on any atom is -0.364 e. The van der Waals surface area contributed by atoms with E-state index in [0.717, 1.165) is 30.0 Å². The summed E-state index contributed by atoms with van der Waals surface area (Å²) in [4.78, 5) is 19.8. The second kappa shape index (κ2) is 8.11. The predicted octanol–water partition coefficient (Wildman–Crippen LogP) is 3.84. The maximum absolute atomic E-state index is 13.1. The molecule has 0 bridgehead atoms. The van der Waals surface area contributed by atoms with Crippen LogP contribution in [0.3, 0.4) is 0 Å². The lowest BCUT2D eigenvalue weighted by Gasteiger charge is -2.37. The number of amides is 1. The Kier molecular flexibility index (Phi) is 5.63. The number of nitrogens with two attached hydrogens (primary N) is 1.